The first-order valence-corrected chi connectivity index (χ1v) is 5.29. The van der Waals surface area contributed by atoms with E-state index in [-0.39, 0.29) is 0 Å². The minimum Gasteiger partial charge on any atom is -0.626 e. The average molecular weight is 165 g/mol. The third kappa shape index (κ3) is 8.17. The minimum absolute atomic E-state index is 1.25. The van der Waals surface area contributed by atoms with Crippen LogP contribution in [0.25, 0.3) is 0 Å². The fraction of sp³-hybridized carbons (Fsp3) is 0.800. The highest BCUT2D eigenvalue weighted by molar-refractivity contribution is 8.76. The van der Waals surface area contributed by atoms with Gasteiger partial charge in [0.2, 0.25) is 0 Å². The van der Waals surface area contributed by atoms with Crippen molar-refractivity contribution in [3.8, 4) is 0 Å². The molecule has 1 aliphatic heterocycles. The van der Waals surface area contributed by atoms with Crippen molar-refractivity contribution >= 4 is 28.3 Å². The summed E-state index contributed by atoms with van der Waals surface area (Å²) in [6.07, 6.45) is 2.88. The summed E-state index contributed by atoms with van der Waals surface area (Å²) < 4.78 is 0. The number of nitrogens with one attached hydrogen (secondary N) is 1. The second kappa shape index (κ2) is 8.17. The average Bonchev–Trinajstić information content (AvgIpc) is 1.93. The van der Waals surface area contributed by atoms with Crippen LogP contribution in [-0.4, -0.2) is 18.2 Å². The molecule has 2 nitrogen and oxygen atoms in total. The van der Waals surface area contributed by atoms with Gasteiger partial charge >= 0.3 is 0 Å². The summed E-state index contributed by atoms with van der Waals surface area (Å²) in [7, 11) is 4.02. The van der Waals surface area contributed by atoms with Gasteiger partial charge in [-0.2, -0.15) is 0 Å². The molecular formula is C5H11NOS2. The molecule has 1 aliphatic rings. The van der Waals surface area contributed by atoms with Crippen molar-refractivity contribution < 1.29 is 5.16 Å². The summed E-state index contributed by atoms with van der Waals surface area (Å²) in [5.41, 5.74) is 0. The van der Waals surface area contributed by atoms with Crippen LogP contribution in [0.5, 0.6) is 0 Å². The van der Waals surface area contributed by atoms with E-state index >= 15 is 0 Å². The Morgan fingerprint density at radius 2 is 1.56 bits per heavy atom. The lowest BCUT2D eigenvalue weighted by atomic mass is 10.4. The zero-order valence-corrected chi connectivity index (χ0v) is 6.89. The number of rotatable bonds is 0. The van der Waals surface area contributed by atoms with Gasteiger partial charge < -0.3 is 5.21 Å². The van der Waals surface area contributed by atoms with Gasteiger partial charge in [0.25, 0.3) is 0 Å². The van der Waals surface area contributed by atoms with Crippen LogP contribution in [0.4, 0.5) is 0 Å². The summed E-state index contributed by atoms with van der Waals surface area (Å²) in [5, 5.41) is 9.82. The van der Waals surface area contributed by atoms with Crippen LogP contribution in [0.1, 0.15) is 12.8 Å². The topological polar surface area (TPSA) is 37.0 Å². The molecule has 1 fully saturated rings. The predicted molar refractivity (Wildman–Crippen MR) is 45.6 cm³/mol. The molecule has 0 aromatic rings. The van der Waals surface area contributed by atoms with Crippen molar-refractivity contribution in [1.29, 1.82) is 0 Å². The highest BCUT2D eigenvalue weighted by Crippen LogP contribution is 2.28. The Morgan fingerprint density at radius 3 is 1.67 bits per heavy atom. The van der Waals surface area contributed by atoms with Crippen molar-refractivity contribution in [3.05, 3.63) is 5.21 Å². The van der Waals surface area contributed by atoms with Gasteiger partial charge in [-0.05, 0) is 12.8 Å². The molecule has 4 heteroatoms. The number of hydrogen-bond acceptors (Lipinski definition) is 3. The molecule has 0 spiro atoms. The van der Waals surface area contributed by atoms with Gasteiger partial charge in [-0.15, -0.1) is 0 Å². The van der Waals surface area contributed by atoms with E-state index < -0.39 is 0 Å². The lowest BCUT2D eigenvalue weighted by Crippen LogP contribution is -2.56. The molecule has 0 amide bonds. The molecule has 54 valence electrons. The molecule has 1 heterocycles. The molecule has 1 saturated heterocycles. The molecule has 0 bridgehead atoms. The highest BCUT2D eigenvalue weighted by Gasteiger charge is 1.96. The molecule has 0 radical (unpaired) electrons. The van der Waals surface area contributed by atoms with Gasteiger partial charge in [0, 0.05) is 11.5 Å². The highest BCUT2D eigenvalue weighted by atomic mass is 33.1. The molecular weight excluding hydrogens is 154 g/mol. The predicted octanol–water partition coefficient (Wildman–Crippen LogP) is 0.427. The largest absolute Gasteiger partial charge is 0.626 e. The van der Waals surface area contributed by atoms with Gasteiger partial charge in [-0.1, -0.05) is 21.6 Å². The van der Waals surface area contributed by atoms with Crippen molar-refractivity contribution in [2.45, 2.75) is 12.8 Å². The number of hydrogen-bond donors (Lipinski definition) is 1. The van der Waals surface area contributed by atoms with E-state index in [1.807, 2.05) is 21.6 Å². The molecule has 0 aromatic heterocycles. The maximum Gasteiger partial charge on any atom is 0.136 e. The maximum absolute atomic E-state index is 8.57. The monoisotopic (exact) mass is 165 g/mol. The fourth-order valence-electron chi connectivity index (χ4n) is 0.440. The van der Waals surface area contributed by atoms with E-state index in [1.165, 1.54) is 29.5 Å². The summed E-state index contributed by atoms with van der Waals surface area (Å²) in [4.78, 5) is 0. The maximum atomic E-state index is 8.57. The van der Waals surface area contributed by atoms with Crippen molar-refractivity contribution in [2.24, 2.45) is 0 Å². The summed E-state index contributed by atoms with van der Waals surface area (Å²) in [6, 6.07) is 0. The van der Waals surface area contributed by atoms with E-state index in [2.05, 4.69) is 6.72 Å². The van der Waals surface area contributed by atoms with Gasteiger partial charge in [-0.25, -0.2) is 5.16 Å². The smallest absolute Gasteiger partial charge is 0.136 e. The Hall–Kier alpha value is 0.170. The van der Waals surface area contributed by atoms with Crippen molar-refractivity contribution in [3.63, 3.8) is 0 Å². The Kier molecular flexibility index (Phi) is 8.32. The van der Waals surface area contributed by atoms with Crippen LogP contribution in [0.3, 0.4) is 0 Å². The van der Waals surface area contributed by atoms with Crippen molar-refractivity contribution in [2.75, 3.05) is 11.5 Å². The first-order valence-electron chi connectivity index (χ1n) is 2.80. The fourth-order valence-corrected chi connectivity index (χ4v) is 2.73. The van der Waals surface area contributed by atoms with E-state index in [0.29, 0.717) is 0 Å². The lowest BCUT2D eigenvalue weighted by molar-refractivity contribution is -0.361. The van der Waals surface area contributed by atoms with Crippen LogP contribution >= 0.6 is 21.6 Å². The van der Waals surface area contributed by atoms with Gasteiger partial charge in [0.15, 0.2) is 0 Å². The molecule has 1 rings (SSSR count). The summed E-state index contributed by atoms with van der Waals surface area (Å²) >= 11 is 0. The Morgan fingerprint density at radius 1 is 1.22 bits per heavy atom. The molecule has 9 heavy (non-hydrogen) atoms. The van der Waals surface area contributed by atoms with E-state index in [9.17, 15) is 0 Å². The zero-order chi connectivity index (χ0) is 6.95. The van der Waals surface area contributed by atoms with Crippen molar-refractivity contribution in [1.82, 2.24) is 0 Å². The lowest BCUT2D eigenvalue weighted by Gasteiger charge is -2.04. The van der Waals surface area contributed by atoms with Crippen LogP contribution in [-0.2, 0) is 0 Å². The molecule has 0 unspecified atom stereocenters. The Balaban J connectivity index is 0.000000187. The SMILES string of the molecule is C1CCSSC1.C=[NH+][O-]. The Labute approximate surface area is 63.5 Å². The second-order valence-corrected chi connectivity index (χ2v) is 4.20. The van der Waals surface area contributed by atoms with Crippen LogP contribution < -0.4 is 5.16 Å². The van der Waals surface area contributed by atoms with Crippen LogP contribution in [0.15, 0.2) is 0 Å². The quantitative estimate of drug-likeness (QED) is 0.245. The van der Waals surface area contributed by atoms with E-state index in [1.54, 1.807) is 0 Å². The molecule has 0 atom stereocenters. The minimum atomic E-state index is 1.25. The third-order valence-electron chi connectivity index (χ3n) is 0.789. The zero-order valence-electron chi connectivity index (χ0n) is 5.26. The van der Waals surface area contributed by atoms with Gasteiger partial charge in [0.05, 0.1) is 0 Å². The Bertz CT molecular complexity index is 54.5. The van der Waals surface area contributed by atoms with Crippen LogP contribution in [0, 0.1) is 5.21 Å². The second-order valence-electron chi connectivity index (χ2n) is 1.50. The van der Waals surface area contributed by atoms with E-state index in [0.717, 1.165) is 0 Å². The standard InChI is InChI=1S/C4H8S2.CH3NO/c1-2-4-6-5-3-1;1-2-3/h1-4H2;2H,1H2. The summed E-state index contributed by atoms with van der Waals surface area (Å²) in [5.74, 6) is 2.76. The first-order chi connectivity index (χ1) is 4.41. The summed E-state index contributed by atoms with van der Waals surface area (Å²) in [6.45, 7) is 2.68. The molecule has 1 N–H and O–H groups in total. The van der Waals surface area contributed by atoms with E-state index in [4.69, 9.17) is 5.21 Å². The third-order valence-corrected chi connectivity index (χ3v) is 3.37. The normalized spacial score (nSPS) is 17.3. The van der Waals surface area contributed by atoms with Crippen LogP contribution in [0.2, 0.25) is 0 Å². The molecule has 0 saturated carbocycles. The van der Waals surface area contributed by atoms with Gasteiger partial charge in [0.1, 0.15) is 6.72 Å². The molecule has 0 aliphatic carbocycles. The first kappa shape index (κ1) is 9.17. The van der Waals surface area contributed by atoms with Gasteiger partial charge in [-0.3, -0.25) is 0 Å². The molecule has 0 aromatic carbocycles.